The van der Waals surface area contributed by atoms with Gasteiger partial charge in [-0.25, -0.2) is 0 Å². The number of nitrogens with zero attached hydrogens (tertiary/aromatic N) is 2. The minimum atomic E-state index is -1.09. The number of non-ortho nitro benzene ring substituents is 1. The summed E-state index contributed by atoms with van der Waals surface area (Å²) in [5.41, 5.74) is 0.534. The molecule has 0 bridgehead atoms. The molecular formula is C28H27N3O10. The predicted octanol–water partition coefficient (Wildman–Crippen LogP) is 4.27. The Kier molecular flexibility index (Phi) is 8.50. The van der Waals surface area contributed by atoms with Crippen molar-refractivity contribution in [3.05, 3.63) is 110 Å². The van der Waals surface area contributed by atoms with Crippen LogP contribution in [0.5, 0.6) is 0 Å². The highest BCUT2D eigenvalue weighted by Gasteiger charge is 2.52. The van der Waals surface area contributed by atoms with Gasteiger partial charge in [0.1, 0.15) is 23.9 Å². The van der Waals surface area contributed by atoms with Crippen molar-refractivity contribution >= 4 is 23.0 Å². The summed E-state index contributed by atoms with van der Waals surface area (Å²) in [7, 11) is 0. The first-order chi connectivity index (χ1) is 19.8. The molecule has 0 unspecified atom stereocenters. The lowest BCUT2D eigenvalue weighted by Gasteiger charge is -2.49. The predicted molar refractivity (Wildman–Crippen MR) is 143 cm³/mol. The number of anilines is 1. The summed E-state index contributed by atoms with van der Waals surface area (Å²) in [6.07, 6.45) is -4.46. The molecule has 1 N–H and O–H groups in total. The molecule has 41 heavy (non-hydrogen) atoms. The molecule has 3 aromatic rings. The number of hydrogen-bond acceptors (Lipinski definition) is 11. The van der Waals surface area contributed by atoms with Crippen molar-refractivity contribution in [2.75, 3.05) is 11.9 Å². The molecule has 2 saturated heterocycles. The van der Waals surface area contributed by atoms with Gasteiger partial charge in [0.05, 0.1) is 29.1 Å². The third-order valence-corrected chi connectivity index (χ3v) is 6.68. The van der Waals surface area contributed by atoms with Crippen LogP contribution in [0.15, 0.2) is 78.9 Å². The van der Waals surface area contributed by atoms with Crippen LogP contribution in [0.2, 0.25) is 0 Å². The summed E-state index contributed by atoms with van der Waals surface area (Å²) < 4.78 is 30.3. The molecule has 13 nitrogen and oxygen atoms in total. The fourth-order valence-corrected chi connectivity index (χ4v) is 4.82. The second-order valence-electron chi connectivity index (χ2n) is 9.48. The average molecular weight is 566 g/mol. The standard InChI is InChI=1S/C28H27N3O10/c1-17(32)39-26-24(29-21-13-12-20(30(33)34)14-22(21)31(35)36)28(37-15-18-8-4-2-5-9-18)40-23-16-38-27(41-25(23)26)19-10-6-3-7-11-19/h2-14,23-29H,15-16H2,1H3/t23-,24-,25-,26-,27+,28+/m1/s1. The van der Waals surface area contributed by atoms with Gasteiger partial charge in [0.2, 0.25) is 0 Å². The first-order valence-corrected chi connectivity index (χ1v) is 12.8. The molecule has 13 heteroatoms. The first kappa shape index (κ1) is 28.1. The van der Waals surface area contributed by atoms with Gasteiger partial charge >= 0.3 is 5.97 Å². The Morgan fingerprint density at radius 3 is 2.34 bits per heavy atom. The summed E-state index contributed by atoms with van der Waals surface area (Å²) in [6, 6.07) is 20.7. The van der Waals surface area contributed by atoms with E-state index in [0.717, 1.165) is 23.3 Å². The van der Waals surface area contributed by atoms with Crippen molar-refractivity contribution < 1.29 is 38.3 Å². The zero-order valence-electron chi connectivity index (χ0n) is 21.9. The number of esters is 1. The fourth-order valence-electron chi connectivity index (χ4n) is 4.82. The largest absolute Gasteiger partial charge is 0.457 e. The lowest BCUT2D eigenvalue weighted by molar-refractivity contribution is -0.393. The summed E-state index contributed by atoms with van der Waals surface area (Å²) in [6.45, 7) is 1.45. The lowest BCUT2D eigenvalue weighted by atomic mass is 9.94. The van der Waals surface area contributed by atoms with Gasteiger partial charge in [0, 0.05) is 18.6 Å². The van der Waals surface area contributed by atoms with Gasteiger partial charge in [0.15, 0.2) is 18.7 Å². The number of fused-ring (bicyclic) bond motifs is 1. The number of carbonyl (C=O) groups is 1. The molecule has 3 aromatic carbocycles. The van der Waals surface area contributed by atoms with E-state index in [-0.39, 0.29) is 18.9 Å². The van der Waals surface area contributed by atoms with Crippen molar-refractivity contribution in [2.45, 2.75) is 50.5 Å². The van der Waals surface area contributed by atoms with Crippen LogP contribution in [0, 0.1) is 20.2 Å². The summed E-state index contributed by atoms with van der Waals surface area (Å²) in [5.74, 6) is -0.617. The molecule has 0 radical (unpaired) electrons. The van der Waals surface area contributed by atoms with Crippen molar-refractivity contribution in [3.8, 4) is 0 Å². The van der Waals surface area contributed by atoms with Crippen molar-refractivity contribution in [2.24, 2.45) is 0 Å². The quantitative estimate of drug-likeness (QED) is 0.224. The third-order valence-electron chi connectivity index (χ3n) is 6.68. The molecule has 0 spiro atoms. The number of benzene rings is 3. The lowest BCUT2D eigenvalue weighted by Crippen LogP contribution is -2.65. The van der Waals surface area contributed by atoms with Gasteiger partial charge in [-0.1, -0.05) is 60.7 Å². The zero-order chi connectivity index (χ0) is 28.9. The third kappa shape index (κ3) is 6.49. The highest BCUT2D eigenvalue weighted by molar-refractivity contribution is 5.67. The number of rotatable bonds is 9. The topological polar surface area (TPSA) is 162 Å². The molecular weight excluding hydrogens is 538 g/mol. The molecule has 0 amide bonds. The van der Waals surface area contributed by atoms with E-state index < -0.39 is 64.1 Å². The summed E-state index contributed by atoms with van der Waals surface area (Å²) in [5, 5.41) is 26.1. The maximum atomic E-state index is 12.3. The average Bonchev–Trinajstić information content (AvgIpc) is 2.97. The number of nitro groups is 2. The van der Waals surface area contributed by atoms with E-state index in [2.05, 4.69) is 5.32 Å². The van der Waals surface area contributed by atoms with Crippen molar-refractivity contribution in [3.63, 3.8) is 0 Å². The van der Waals surface area contributed by atoms with Gasteiger partial charge in [-0.05, 0) is 11.6 Å². The minimum Gasteiger partial charge on any atom is -0.457 e. The molecule has 214 valence electrons. The minimum absolute atomic E-state index is 0.0511. The van der Waals surface area contributed by atoms with Crippen LogP contribution in [0.3, 0.4) is 0 Å². The van der Waals surface area contributed by atoms with Crippen LogP contribution in [-0.4, -0.2) is 53.1 Å². The molecule has 5 rings (SSSR count). The SMILES string of the molecule is CC(=O)O[C@@H]1[C@@H](Nc2ccc([N+](=O)[O-])cc2[N+](=O)[O-])[C@@H](OCc2ccccc2)O[C@@H]2CO[C@H](c3ccccc3)O[C@@H]12. The number of nitro benzene ring substituents is 2. The molecule has 2 aliphatic heterocycles. The fraction of sp³-hybridized carbons (Fsp3) is 0.321. The van der Waals surface area contributed by atoms with Crippen LogP contribution >= 0.6 is 0 Å². The van der Waals surface area contributed by atoms with E-state index in [1.165, 1.54) is 13.0 Å². The van der Waals surface area contributed by atoms with Crippen LogP contribution in [0.25, 0.3) is 0 Å². The van der Waals surface area contributed by atoms with E-state index >= 15 is 0 Å². The Bertz CT molecular complexity index is 1390. The molecule has 0 aliphatic carbocycles. The van der Waals surface area contributed by atoms with E-state index in [4.69, 9.17) is 23.7 Å². The number of carbonyl (C=O) groups excluding carboxylic acids is 1. The first-order valence-electron chi connectivity index (χ1n) is 12.8. The second-order valence-corrected chi connectivity index (χ2v) is 9.48. The van der Waals surface area contributed by atoms with E-state index in [9.17, 15) is 25.0 Å². The summed E-state index contributed by atoms with van der Waals surface area (Å²) in [4.78, 5) is 34.0. The molecule has 2 heterocycles. The normalized spacial score (nSPS) is 25.5. The van der Waals surface area contributed by atoms with E-state index in [0.29, 0.717) is 0 Å². The van der Waals surface area contributed by atoms with Crippen LogP contribution in [0.1, 0.15) is 24.3 Å². The molecule has 0 saturated carbocycles. The molecule has 2 fully saturated rings. The monoisotopic (exact) mass is 565 g/mol. The Hall–Kier alpha value is -4.43. The van der Waals surface area contributed by atoms with Crippen molar-refractivity contribution in [1.82, 2.24) is 0 Å². The Balaban J connectivity index is 1.50. The van der Waals surface area contributed by atoms with Gasteiger partial charge in [-0.3, -0.25) is 25.0 Å². The highest BCUT2D eigenvalue weighted by Crippen LogP contribution is 2.38. The smallest absolute Gasteiger partial charge is 0.303 e. The van der Waals surface area contributed by atoms with Crippen LogP contribution < -0.4 is 5.32 Å². The summed E-state index contributed by atoms with van der Waals surface area (Å²) >= 11 is 0. The molecule has 0 aromatic heterocycles. The second kappa shape index (κ2) is 12.4. The van der Waals surface area contributed by atoms with Gasteiger partial charge in [0.25, 0.3) is 11.4 Å². The maximum absolute atomic E-state index is 12.3. The zero-order valence-corrected chi connectivity index (χ0v) is 21.9. The van der Waals surface area contributed by atoms with Gasteiger partial charge in [-0.2, -0.15) is 0 Å². The van der Waals surface area contributed by atoms with Gasteiger partial charge < -0.3 is 29.0 Å². The Morgan fingerprint density at radius 2 is 1.68 bits per heavy atom. The molecule has 6 atom stereocenters. The maximum Gasteiger partial charge on any atom is 0.303 e. The number of ether oxygens (including phenoxy) is 5. The van der Waals surface area contributed by atoms with Crippen LogP contribution in [-0.2, 0) is 35.1 Å². The van der Waals surface area contributed by atoms with E-state index in [1.807, 2.05) is 60.7 Å². The number of hydrogen-bond donors (Lipinski definition) is 1. The van der Waals surface area contributed by atoms with Crippen LogP contribution in [0.4, 0.5) is 17.1 Å². The number of nitrogens with one attached hydrogen (secondary N) is 1. The van der Waals surface area contributed by atoms with Crippen molar-refractivity contribution in [1.29, 1.82) is 0 Å². The Morgan fingerprint density at radius 1 is 0.976 bits per heavy atom. The van der Waals surface area contributed by atoms with E-state index in [1.54, 1.807) is 0 Å². The Labute approximate surface area is 234 Å². The van der Waals surface area contributed by atoms with Gasteiger partial charge in [-0.15, -0.1) is 0 Å². The highest BCUT2D eigenvalue weighted by atomic mass is 16.8. The molecule has 2 aliphatic rings.